The Balaban J connectivity index is 1.57. The number of carbonyl (C=O) groups excluding carboxylic acids is 1. The van der Waals surface area contributed by atoms with E-state index in [0.717, 1.165) is 50.2 Å². The molecule has 2 heterocycles. The summed E-state index contributed by atoms with van der Waals surface area (Å²) in [6.45, 7) is 2.29. The molecular weight excluding hydrogens is 290 g/mol. The molecule has 0 aliphatic carbocycles. The molecule has 1 fully saturated rings. The first-order chi connectivity index (χ1) is 10.2. The Bertz CT molecular complexity index is 526. The maximum Gasteiger partial charge on any atom is 0.224 e. The van der Waals surface area contributed by atoms with Crippen LogP contribution >= 0.6 is 11.6 Å². The number of hydrogen-bond donors (Lipinski definition) is 1. The highest BCUT2D eigenvalue weighted by atomic mass is 35.5. The van der Waals surface area contributed by atoms with E-state index < -0.39 is 0 Å². The maximum atomic E-state index is 12.1. The Hall–Kier alpha value is -1.26. The predicted molar refractivity (Wildman–Crippen MR) is 82.1 cm³/mol. The van der Waals surface area contributed by atoms with Crippen molar-refractivity contribution >= 4 is 23.2 Å². The lowest BCUT2D eigenvalue weighted by atomic mass is 9.97. The number of ether oxygens (including phenoxy) is 2. The van der Waals surface area contributed by atoms with Crippen LogP contribution in [0.3, 0.4) is 0 Å². The van der Waals surface area contributed by atoms with E-state index >= 15 is 0 Å². The molecule has 1 amide bonds. The second kappa shape index (κ2) is 6.67. The lowest BCUT2D eigenvalue weighted by Gasteiger charge is -2.21. The third-order valence-corrected chi connectivity index (χ3v) is 4.27. The monoisotopic (exact) mass is 309 g/mol. The van der Waals surface area contributed by atoms with Gasteiger partial charge in [0.2, 0.25) is 5.91 Å². The second-order valence-corrected chi connectivity index (χ2v) is 6.15. The smallest absolute Gasteiger partial charge is 0.224 e. The summed E-state index contributed by atoms with van der Waals surface area (Å²) >= 11 is 6.09. The molecule has 3 rings (SSSR count). The van der Waals surface area contributed by atoms with Gasteiger partial charge in [-0.3, -0.25) is 4.79 Å². The van der Waals surface area contributed by atoms with Gasteiger partial charge in [0.25, 0.3) is 0 Å². The van der Waals surface area contributed by atoms with E-state index in [1.54, 1.807) is 6.07 Å². The molecule has 0 radical (unpaired) electrons. The summed E-state index contributed by atoms with van der Waals surface area (Å²) in [7, 11) is 0. The summed E-state index contributed by atoms with van der Waals surface area (Å²) in [6.07, 6.45) is 4.48. The minimum atomic E-state index is 0.0144. The third-order valence-electron chi connectivity index (χ3n) is 4.06. The average Bonchev–Trinajstić information content (AvgIpc) is 2.94. The molecule has 114 valence electrons. The molecule has 0 spiro atoms. The highest BCUT2D eigenvalue weighted by molar-refractivity contribution is 6.31. The summed E-state index contributed by atoms with van der Waals surface area (Å²) < 4.78 is 11.0. The van der Waals surface area contributed by atoms with Crippen molar-refractivity contribution in [1.82, 2.24) is 0 Å². The van der Waals surface area contributed by atoms with Gasteiger partial charge < -0.3 is 14.8 Å². The van der Waals surface area contributed by atoms with Crippen LogP contribution in [0.5, 0.6) is 5.75 Å². The van der Waals surface area contributed by atoms with Crippen molar-refractivity contribution in [3.05, 3.63) is 22.7 Å². The molecule has 0 aromatic heterocycles. The van der Waals surface area contributed by atoms with E-state index in [1.807, 2.05) is 6.07 Å². The van der Waals surface area contributed by atoms with E-state index in [9.17, 15) is 4.79 Å². The van der Waals surface area contributed by atoms with Crippen LogP contribution in [0.2, 0.25) is 5.02 Å². The van der Waals surface area contributed by atoms with E-state index in [4.69, 9.17) is 21.1 Å². The normalized spacial score (nSPS) is 20.7. The number of nitrogens with one attached hydrogen (secondary N) is 1. The second-order valence-electron chi connectivity index (χ2n) is 5.71. The van der Waals surface area contributed by atoms with Gasteiger partial charge in [0.1, 0.15) is 5.75 Å². The fourth-order valence-corrected chi connectivity index (χ4v) is 3.19. The standard InChI is InChI=1S/C16H20ClNO3/c17-13-8-12-5-7-21-16(12)14(9-13)18-15(19)4-3-11-2-1-6-20-10-11/h8-9,11H,1-7,10H2,(H,18,19)/t11-/m0/s1. The molecule has 0 bridgehead atoms. The molecule has 0 saturated carbocycles. The molecule has 0 unspecified atom stereocenters. The van der Waals surface area contributed by atoms with Crippen LogP contribution in [0.1, 0.15) is 31.2 Å². The Morgan fingerprint density at radius 1 is 1.38 bits per heavy atom. The first kappa shape index (κ1) is 14.7. The number of rotatable bonds is 4. The first-order valence-corrected chi connectivity index (χ1v) is 7.93. The van der Waals surface area contributed by atoms with Crippen LogP contribution in [-0.2, 0) is 16.0 Å². The Kier molecular flexibility index (Phi) is 4.66. The van der Waals surface area contributed by atoms with Gasteiger partial charge in [-0.2, -0.15) is 0 Å². The Morgan fingerprint density at radius 3 is 3.10 bits per heavy atom. The zero-order valence-corrected chi connectivity index (χ0v) is 12.7. The molecule has 4 nitrogen and oxygen atoms in total. The minimum Gasteiger partial charge on any atom is -0.491 e. The molecule has 2 aliphatic rings. The van der Waals surface area contributed by atoms with Gasteiger partial charge in [-0.1, -0.05) is 11.6 Å². The number of hydrogen-bond acceptors (Lipinski definition) is 3. The molecule has 1 aromatic carbocycles. The summed E-state index contributed by atoms with van der Waals surface area (Å²) in [5.41, 5.74) is 1.76. The molecule has 2 aliphatic heterocycles. The van der Waals surface area contributed by atoms with Crippen LogP contribution in [-0.4, -0.2) is 25.7 Å². The molecule has 1 aromatic rings. The van der Waals surface area contributed by atoms with Crippen molar-refractivity contribution < 1.29 is 14.3 Å². The summed E-state index contributed by atoms with van der Waals surface area (Å²) in [4.78, 5) is 12.1. The number of benzene rings is 1. The van der Waals surface area contributed by atoms with Gasteiger partial charge >= 0.3 is 0 Å². The van der Waals surface area contributed by atoms with Gasteiger partial charge in [0.05, 0.1) is 12.3 Å². The zero-order chi connectivity index (χ0) is 14.7. The van der Waals surface area contributed by atoms with Crippen molar-refractivity contribution in [2.24, 2.45) is 5.92 Å². The van der Waals surface area contributed by atoms with Crippen LogP contribution in [0.25, 0.3) is 0 Å². The fourth-order valence-electron chi connectivity index (χ4n) is 2.95. The van der Waals surface area contributed by atoms with E-state index in [2.05, 4.69) is 5.32 Å². The van der Waals surface area contributed by atoms with Crippen LogP contribution in [0.15, 0.2) is 12.1 Å². The van der Waals surface area contributed by atoms with E-state index in [-0.39, 0.29) is 5.91 Å². The van der Waals surface area contributed by atoms with Crippen LogP contribution < -0.4 is 10.1 Å². The van der Waals surface area contributed by atoms with Crippen LogP contribution in [0, 0.1) is 5.92 Å². The highest BCUT2D eigenvalue weighted by Crippen LogP contribution is 2.36. The number of anilines is 1. The molecule has 1 N–H and O–H groups in total. The van der Waals surface area contributed by atoms with Gasteiger partial charge in [-0.15, -0.1) is 0 Å². The maximum absolute atomic E-state index is 12.1. The largest absolute Gasteiger partial charge is 0.491 e. The van der Waals surface area contributed by atoms with E-state index in [1.165, 1.54) is 0 Å². The summed E-state index contributed by atoms with van der Waals surface area (Å²) in [5, 5.41) is 3.57. The summed E-state index contributed by atoms with van der Waals surface area (Å²) in [5.74, 6) is 1.29. The van der Waals surface area contributed by atoms with Crippen molar-refractivity contribution in [1.29, 1.82) is 0 Å². The Labute approximate surface area is 129 Å². The molecular formula is C16H20ClNO3. The first-order valence-electron chi connectivity index (χ1n) is 7.55. The van der Waals surface area contributed by atoms with Crippen molar-refractivity contribution in [2.75, 3.05) is 25.1 Å². The Morgan fingerprint density at radius 2 is 2.29 bits per heavy atom. The highest BCUT2D eigenvalue weighted by Gasteiger charge is 2.20. The molecule has 21 heavy (non-hydrogen) atoms. The molecule has 5 heteroatoms. The SMILES string of the molecule is O=C(CC[C@@H]1CCCOC1)Nc1cc(Cl)cc2c1OCC2. The summed E-state index contributed by atoms with van der Waals surface area (Å²) in [6, 6.07) is 3.66. The number of amides is 1. The van der Waals surface area contributed by atoms with E-state index in [0.29, 0.717) is 29.7 Å². The lowest BCUT2D eigenvalue weighted by molar-refractivity contribution is -0.116. The topological polar surface area (TPSA) is 47.6 Å². The fraction of sp³-hybridized carbons (Fsp3) is 0.562. The predicted octanol–water partition coefficient (Wildman–Crippen LogP) is 3.42. The third kappa shape index (κ3) is 3.69. The quantitative estimate of drug-likeness (QED) is 0.927. The van der Waals surface area contributed by atoms with Gasteiger partial charge in [0.15, 0.2) is 0 Å². The van der Waals surface area contributed by atoms with Crippen LogP contribution in [0.4, 0.5) is 5.69 Å². The average molecular weight is 310 g/mol. The van der Waals surface area contributed by atoms with Crippen molar-refractivity contribution in [2.45, 2.75) is 32.1 Å². The number of halogens is 1. The van der Waals surface area contributed by atoms with Crippen molar-refractivity contribution in [3.63, 3.8) is 0 Å². The minimum absolute atomic E-state index is 0.0144. The molecule has 1 atom stereocenters. The van der Waals surface area contributed by atoms with Gasteiger partial charge in [-0.25, -0.2) is 0 Å². The van der Waals surface area contributed by atoms with Crippen molar-refractivity contribution in [3.8, 4) is 5.75 Å². The lowest BCUT2D eigenvalue weighted by Crippen LogP contribution is -2.20. The van der Waals surface area contributed by atoms with Gasteiger partial charge in [-0.05, 0) is 37.3 Å². The number of fused-ring (bicyclic) bond motifs is 1. The molecule has 1 saturated heterocycles. The van der Waals surface area contributed by atoms with Gasteiger partial charge in [0, 0.05) is 36.6 Å². The number of carbonyl (C=O) groups is 1. The zero-order valence-electron chi connectivity index (χ0n) is 12.0.